The Morgan fingerprint density at radius 3 is 2.54 bits per heavy atom. The van der Waals surface area contributed by atoms with Gasteiger partial charge in [-0.1, -0.05) is 49.7 Å². The summed E-state index contributed by atoms with van der Waals surface area (Å²) in [5, 5.41) is 13.6. The molecule has 0 heterocycles. The highest BCUT2D eigenvalue weighted by Gasteiger charge is 2.17. The van der Waals surface area contributed by atoms with Crippen LogP contribution in [0.1, 0.15) is 41.7 Å². The number of carbonyl (C=O) groups is 2. The van der Waals surface area contributed by atoms with Crippen molar-refractivity contribution in [1.29, 1.82) is 0 Å². The van der Waals surface area contributed by atoms with Crippen LogP contribution in [-0.2, 0) is 9.53 Å². The molecule has 2 aromatic rings. The third kappa shape index (κ3) is 5.41. The molecule has 0 unspecified atom stereocenters. The zero-order chi connectivity index (χ0) is 18.9. The largest absolute Gasteiger partial charge is 0.452 e. The first kappa shape index (κ1) is 19.1. The number of carbonyl (C=O) groups excluding carboxylic acids is 2. The molecule has 0 aliphatic carbocycles. The summed E-state index contributed by atoms with van der Waals surface area (Å²) < 4.78 is 4.97. The second-order valence-corrected chi connectivity index (χ2v) is 5.70. The number of nitro groups is 1. The molecule has 26 heavy (non-hydrogen) atoms. The van der Waals surface area contributed by atoms with Gasteiger partial charge in [-0.15, -0.1) is 0 Å². The van der Waals surface area contributed by atoms with Crippen LogP contribution in [0.15, 0.2) is 54.6 Å². The highest BCUT2D eigenvalue weighted by Crippen LogP contribution is 2.18. The van der Waals surface area contributed by atoms with E-state index in [1.807, 2.05) is 37.3 Å². The van der Waals surface area contributed by atoms with E-state index >= 15 is 0 Å². The number of rotatable bonds is 8. The van der Waals surface area contributed by atoms with Crippen molar-refractivity contribution in [2.45, 2.75) is 25.8 Å². The van der Waals surface area contributed by atoms with Crippen molar-refractivity contribution < 1.29 is 19.2 Å². The Morgan fingerprint density at radius 1 is 1.15 bits per heavy atom. The molecule has 2 rings (SSSR count). The van der Waals surface area contributed by atoms with E-state index in [0.717, 1.165) is 24.5 Å². The number of ether oxygens (including phenoxy) is 1. The van der Waals surface area contributed by atoms with Crippen LogP contribution in [0.5, 0.6) is 0 Å². The van der Waals surface area contributed by atoms with E-state index in [2.05, 4.69) is 5.32 Å². The first-order valence-corrected chi connectivity index (χ1v) is 8.27. The van der Waals surface area contributed by atoms with Gasteiger partial charge in [0, 0.05) is 12.1 Å². The molecule has 7 nitrogen and oxygen atoms in total. The smallest absolute Gasteiger partial charge is 0.338 e. The van der Waals surface area contributed by atoms with E-state index < -0.39 is 23.4 Å². The van der Waals surface area contributed by atoms with Crippen molar-refractivity contribution in [1.82, 2.24) is 5.32 Å². The van der Waals surface area contributed by atoms with Gasteiger partial charge >= 0.3 is 5.97 Å². The van der Waals surface area contributed by atoms with Crippen molar-refractivity contribution in [2.24, 2.45) is 0 Å². The summed E-state index contributed by atoms with van der Waals surface area (Å²) in [5.74, 6) is -1.21. The van der Waals surface area contributed by atoms with Gasteiger partial charge < -0.3 is 10.1 Å². The minimum Gasteiger partial charge on any atom is -0.452 e. The minimum absolute atomic E-state index is 0.0279. The molecule has 0 saturated heterocycles. The van der Waals surface area contributed by atoms with Gasteiger partial charge in [0.25, 0.3) is 11.6 Å². The first-order chi connectivity index (χ1) is 12.5. The van der Waals surface area contributed by atoms with Gasteiger partial charge in [-0.2, -0.15) is 0 Å². The minimum atomic E-state index is -0.782. The fourth-order valence-corrected chi connectivity index (χ4v) is 2.49. The van der Waals surface area contributed by atoms with Crippen LogP contribution in [0.4, 0.5) is 5.69 Å². The summed E-state index contributed by atoms with van der Waals surface area (Å²) in [4.78, 5) is 34.2. The lowest BCUT2D eigenvalue weighted by Gasteiger charge is -2.18. The van der Waals surface area contributed by atoms with Gasteiger partial charge in [0.05, 0.1) is 16.5 Å². The standard InChI is InChI=1S/C19H20N2O5/c1-2-7-17(14-8-4-3-5-9-14)20-18(22)13-26-19(23)15-10-6-11-16(12-15)21(24)25/h3-6,8-12,17H,2,7,13H2,1H3,(H,20,22)/t17-/m1/s1. The number of esters is 1. The Hall–Kier alpha value is -3.22. The van der Waals surface area contributed by atoms with Crippen molar-refractivity contribution >= 4 is 17.6 Å². The third-order valence-corrected chi connectivity index (χ3v) is 3.74. The van der Waals surface area contributed by atoms with Crippen LogP contribution < -0.4 is 5.32 Å². The van der Waals surface area contributed by atoms with Gasteiger partial charge in [-0.25, -0.2) is 4.79 Å². The van der Waals surface area contributed by atoms with Crippen LogP contribution in [0, 0.1) is 10.1 Å². The molecule has 136 valence electrons. The molecule has 0 spiro atoms. The summed E-state index contributed by atoms with van der Waals surface area (Å²) >= 11 is 0. The van der Waals surface area contributed by atoms with Crippen LogP contribution in [0.2, 0.25) is 0 Å². The number of hydrogen-bond donors (Lipinski definition) is 1. The Kier molecular flexibility index (Phi) is 6.84. The van der Waals surface area contributed by atoms with E-state index in [9.17, 15) is 19.7 Å². The Morgan fingerprint density at radius 2 is 1.88 bits per heavy atom. The Bertz CT molecular complexity index is 777. The zero-order valence-electron chi connectivity index (χ0n) is 14.4. The summed E-state index contributed by atoms with van der Waals surface area (Å²) in [6.45, 7) is 1.57. The van der Waals surface area contributed by atoms with Crippen molar-refractivity contribution in [2.75, 3.05) is 6.61 Å². The second kappa shape index (κ2) is 9.31. The molecule has 0 saturated carbocycles. The Labute approximate surface area is 151 Å². The van der Waals surface area contributed by atoms with Gasteiger partial charge in [-0.05, 0) is 18.1 Å². The molecule has 0 aromatic heterocycles. The summed E-state index contributed by atoms with van der Waals surface area (Å²) in [5.41, 5.74) is 0.795. The number of hydrogen-bond acceptors (Lipinski definition) is 5. The highest BCUT2D eigenvalue weighted by molar-refractivity contribution is 5.92. The van der Waals surface area contributed by atoms with Gasteiger partial charge in [0.1, 0.15) is 0 Å². The fraction of sp³-hybridized carbons (Fsp3) is 0.263. The Balaban J connectivity index is 1.93. The molecule has 2 aromatic carbocycles. The molecule has 0 bridgehead atoms. The molecule has 0 aliphatic heterocycles. The maximum atomic E-state index is 12.1. The normalized spacial score (nSPS) is 11.4. The molecule has 0 radical (unpaired) electrons. The average molecular weight is 356 g/mol. The van der Waals surface area contributed by atoms with Crippen molar-refractivity contribution in [3.63, 3.8) is 0 Å². The maximum Gasteiger partial charge on any atom is 0.338 e. The van der Waals surface area contributed by atoms with E-state index in [1.165, 1.54) is 18.2 Å². The molecule has 0 fully saturated rings. The third-order valence-electron chi connectivity index (χ3n) is 3.74. The van der Waals surface area contributed by atoms with Crippen molar-refractivity contribution in [3.05, 3.63) is 75.8 Å². The van der Waals surface area contributed by atoms with E-state index in [1.54, 1.807) is 0 Å². The molecule has 1 N–H and O–H groups in total. The lowest BCUT2D eigenvalue weighted by Crippen LogP contribution is -2.32. The number of nitrogens with one attached hydrogen (secondary N) is 1. The van der Waals surface area contributed by atoms with Gasteiger partial charge in [0.15, 0.2) is 6.61 Å². The SMILES string of the molecule is CCC[C@@H](NC(=O)COC(=O)c1cccc([N+](=O)[O-])c1)c1ccccc1. The van der Waals surface area contributed by atoms with Crippen LogP contribution in [-0.4, -0.2) is 23.4 Å². The molecule has 1 atom stereocenters. The number of nitro benzene ring substituents is 1. The summed E-state index contributed by atoms with van der Waals surface area (Å²) in [7, 11) is 0. The van der Waals surface area contributed by atoms with E-state index in [-0.39, 0.29) is 17.3 Å². The quantitative estimate of drug-likeness (QED) is 0.444. The summed E-state index contributed by atoms with van der Waals surface area (Å²) in [6, 6.07) is 14.6. The van der Waals surface area contributed by atoms with E-state index in [0.29, 0.717) is 0 Å². The molecule has 0 aliphatic rings. The first-order valence-electron chi connectivity index (χ1n) is 8.27. The zero-order valence-corrected chi connectivity index (χ0v) is 14.4. The highest BCUT2D eigenvalue weighted by atomic mass is 16.6. The predicted molar refractivity (Wildman–Crippen MR) is 95.6 cm³/mol. The van der Waals surface area contributed by atoms with Crippen molar-refractivity contribution in [3.8, 4) is 0 Å². The molecular weight excluding hydrogens is 336 g/mol. The lowest BCUT2D eigenvalue weighted by molar-refractivity contribution is -0.384. The molecule has 7 heteroatoms. The van der Waals surface area contributed by atoms with Gasteiger partial charge in [0.2, 0.25) is 0 Å². The fourth-order valence-electron chi connectivity index (χ4n) is 2.49. The average Bonchev–Trinajstić information content (AvgIpc) is 2.66. The summed E-state index contributed by atoms with van der Waals surface area (Å²) in [6.07, 6.45) is 1.64. The predicted octanol–water partition coefficient (Wildman–Crippen LogP) is 3.41. The van der Waals surface area contributed by atoms with E-state index in [4.69, 9.17) is 4.74 Å². The van der Waals surface area contributed by atoms with Crippen LogP contribution in [0.3, 0.4) is 0 Å². The monoisotopic (exact) mass is 356 g/mol. The number of amides is 1. The molecule has 1 amide bonds. The molecular formula is C19H20N2O5. The van der Waals surface area contributed by atoms with Crippen LogP contribution >= 0.6 is 0 Å². The topological polar surface area (TPSA) is 98.5 Å². The lowest BCUT2D eigenvalue weighted by atomic mass is 10.0. The second-order valence-electron chi connectivity index (χ2n) is 5.70. The number of nitrogens with zero attached hydrogens (tertiary/aromatic N) is 1. The van der Waals surface area contributed by atoms with Crippen LogP contribution in [0.25, 0.3) is 0 Å². The van der Waals surface area contributed by atoms with Gasteiger partial charge in [-0.3, -0.25) is 14.9 Å². The maximum absolute atomic E-state index is 12.1. The number of non-ortho nitro benzene ring substituents is 1. The number of benzene rings is 2.